The van der Waals surface area contributed by atoms with E-state index in [0.29, 0.717) is 6.04 Å². The summed E-state index contributed by atoms with van der Waals surface area (Å²) in [5.41, 5.74) is 0. The van der Waals surface area contributed by atoms with E-state index in [9.17, 15) is 4.79 Å². The lowest BCUT2D eigenvalue weighted by molar-refractivity contribution is -0.130. The Bertz CT molecular complexity index is 186. The summed E-state index contributed by atoms with van der Waals surface area (Å²) in [5.74, 6) is 0.165. The van der Waals surface area contributed by atoms with E-state index in [-0.39, 0.29) is 11.8 Å². The van der Waals surface area contributed by atoms with Crippen molar-refractivity contribution < 1.29 is 4.79 Å². The second-order valence-corrected chi connectivity index (χ2v) is 3.93. The highest BCUT2D eigenvalue weighted by atomic mass is 35.5. The SMILES string of the molecule is CC1CCN(C)CCN1C(=O)CCl. The summed E-state index contributed by atoms with van der Waals surface area (Å²) in [6.07, 6.45) is 1.04. The quantitative estimate of drug-likeness (QED) is 0.590. The third-order valence-corrected chi connectivity index (χ3v) is 2.85. The molecule has 0 spiro atoms. The van der Waals surface area contributed by atoms with Gasteiger partial charge in [0.25, 0.3) is 0 Å². The zero-order valence-electron chi connectivity index (χ0n) is 8.29. The predicted octanol–water partition coefficient (Wildman–Crippen LogP) is 0.778. The van der Waals surface area contributed by atoms with Gasteiger partial charge in [-0.05, 0) is 26.9 Å². The molecule has 0 N–H and O–H groups in total. The Hall–Kier alpha value is -0.280. The monoisotopic (exact) mass is 204 g/mol. The van der Waals surface area contributed by atoms with Crippen LogP contribution in [0.1, 0.15) is 13.3 Å². The van der Waals surface area contributed by atoms with Gasteiger partial charge in [-0.2, -0.15) is 0 Å². The average molecular weight is 205 g/mol. The number of amides is 1. The van der Waals surface area contributed by atoms with E-state index in [1.54, 1.807) is 0 Å². The van der Waals surface area contributed by atoms with Crippen LogP contribution < -0.4 is 0 Å². The minimum absolute atomic E-state index is 0.0597. The number of likely N-dealkylation sites (N-methyl/N-ethyl adjacent to an activating group) is 1. The first-order chi connectivity index (χ1) is 6.15. The first-order valence-electron chi connectivity index (χ1n) is 4.69. The largest absolute Gasteiger partial charge is 0.338 e. The second-order valence-electron chi connectivity index (χ2n) is 3.66. The lowest BCUT2D eigenvalue weighted by atomic mass is 10.2. The summed E-state index contributed by atoms with van der Waals surface area (Å²) < 4.78 is 0. The fraction of sp³-hybridized carbons (Fsp3) is 0.889. The zero-order valence-corrected chi connectivity index (χ0v) is 9.05. The number of carbonyl (C=O) groups excluding carboxylic acids is 1. The third-order valence-electron chi connectivity index (χ3n) is 2.62. The van der Waals surface area contributed by atoms with E-state index in [1.165, 1.54) is 0 Å². The molecular formula is C9H17ClN2O. The lowest BCUT2D eigenvalue weighted by Gasteiger charge is -2.25. The van der Waals surface area contributed by atoms with E-state index in [0.717, 1.165) is 26.1 Å². The van der Waals surface area contributed by atoms with Crippen molar-refractivity contribution in [1.82, 2.24) is 9.80 Å². The first-order valence-corrected chi connectivity index (χ1v) is 5.22. The van der Waals surface area contributed by atoms with Crippen molar-refractivity contribution in [3.63, 3.8) is 0 Å². The topological polar surface area (TPSA) is 23.6 Å². The summed E-state index contributed by atoms with van der Waals surface area (Å²) in [5, 5.41) is 0. The molecule has 1 atom stereocenters. The fourth-order valence-electron chi connectivity index (χ4n) is 1.62. The number of hydrogen-bond donors (Lipinski definition) is 0. The third kappa shape index (κ3) is 2.85. The van der Waals surface area contributed by atoms with Gasteiger partial charge in [0.15, 0.2) is 0 Å². The van der Waals surface area contributed by atoms with E-state index in [4.69, 9.17) is 11.6 Å². The maximum absolute atomic E-state index is 11.4. The van der Waals surface area contributed by atoms with Gasteiger partial charge in [0.05, 0.1) is 0 Å². The van der Waals surface area contributed by atoms with Crippen LogP contribution in [0.2, 0.25) is 0 Å². The summed E-state index contributed by atoms with van der Waals surface area (Å²) in [6.45, 7) is 4.91. The van der Waals surface area contributed by atoms with Crippen LogP contribution in [0, 0.1) is 0 Å². The van der Waals surface area contributed by atoms with Gasteiger partial charge in [0.2, 0.25) is 5.91 Å². The Morgan fingerprint density at radius 3 is 2.77 bits per heavy atom. The fourth-order valence-corrected chi connectivity index (χ4v) is 1.77. The Kier molecular flexibility index (Phi) is 4.00. The molecule has 1 aliphatic heterocycles. The van der Waals surface area contributed by atoms with E-state index < -0.39 is 0 Å². The highest BCUT2D eigenvalue weighted by molar-refractivity contribution is 6.27. The minimum Gasteiger partial charge on any atom is -0.338 e. The number of rotatable bonds is 1. The van der Waals surface area contributed by atoms with Crippen LogP contribution in [0.5, 0.6) is 0 Å². The van der Waals surface area contributed by atoms with Gasteiger partial charge >= 0.3 is 0 Å². The van der Waals surface area contributed by atoms with Crippen molar-refractivity contribution in [1.29, 1.82) is 0 Å². The van der Waals surface area contributed by atoms with Crippen LogP contribution in [-0.4, -0.2) is 54.3 Å². The van der Waals surface area contributed by atoms with Gasteiger partial charge in [-0.1, -0.05) is 0 Å². The number of nitrogens with zero attached hydrogens (tertiary/aromatic N) is 2. The predicted molar refractivity (Wildman–Crippen MR) is 54.0 cm³/mol. The van der Waals surface area contributed by atoms with Gasteiger partial charge in [0.1, 0.15) is 5.88 Å². The number of carbonyl (C=O) groups is 1. The van der Waals surface area contributed by atoms with E-state index in [2.05, 4.69) is 18.9 Å². The highest BCUT2D eigenvalue weighted by Crippen LogP contribution is 2.10. The smallest absolute Gasteiger partial charge is 0.237 e. The minimum atomic E-state index is 0.0597. The zero-order chi connectivity index (χ0) is 9.84. The molecule has 0 aromatic heterocycles. The molecule has 1 fully saturated rings. The molecule has 13 heavy (non-hydrogen) atoms. The summed E-state index contributed by atoms with van der Waals surface area (Å²) in [4.78, 5) is 15.5. The molecule has 1 aliphatic rings. The molecule has 0 aromatic rings. The average Bonchev–Trinajstić information content (AvgIpc) is 2.28. The Morgan fingerprint density at radius 1 is 1.46 bits per heavy atom. The lowest BCUT2D eigenvalue weighted by Crippen LogP contribution is -2.40. The van der Waals surface area contributed by atoms with E-state index >= 15 is 0 Å². The molecule has 0 bridgehead atoms. The van der Waals surface area contributed by atoms with Crippen LogP contribution in [0.15, 0.2) is 0 Å². The Morgan fingerprint density at radius 2 is 2.15 bits per heavy atom. The van der Waals surface area contributed by atoms with Gasteiger partial charge < -0.3 is 9.80 Å². The van der Waals surface area contributed by atoms with Crippen molar-refractivity contribution in [2.75, 3.05) is 32.6 Å². The van der Waals surface area contributed by atoms with Crippen molar-refractivity contribution in [2.45, 2.75) is 19.4 Å². The van der Waals surface area contributed by atoms with Gasteiger partial charge in [0, 0.05) is 19.1 Å². The number of hydrogen-bond acceptors (Lipinski definition) is 2. The summed E-state index contributed by atoms with van der Waals surface area (Å²) >= 11 is 5.54. The molecule has 76 valence electrons. The number of halogens is 1. The molecule has 0 saturated carbocycles. The van der Waals surface area contributed by atoms with Gasteiger partial charge in [-0.15, -0.1) is 11.6 Å². The van der Waals surface area contributed by atoms with Crippen molar-refractivity contribution in [3.8, 4) is 0 Å². The molecule has 0 aromatic carbocycles. The maximum Gasteiger partial charge on any atom is 0.237 e. The highest BCUT2D eigenvalue weighted by Gasteiger charge is 2.22. The first kappa shape index (κ1) is 10.8. The van der Waals surface area contributed by atoms with Gasteiger partial charge in [-0.3, -0.25) is 4.79 Å². The van der Waals surface area contributed by atoms with Crippen LogP contribution >= 0.6 is 11.6 Å². The molecule has 0 aliphatic carbocycles. The van der Waals surface area contributed by atoms with Crippen molar-refractivity contribution >= 4 is 17.5 Å². The second kappa shape index (κ2) is 4.82. The summed E-state index contributed by atoms with van der Waals surface area (Å²) in [7, 11) is 2.08. The van der Waals surface area contributed by atoms with Crippen LogP contribution in [0.3, 0.4) is 0 Å². The van der Waals surface area contributed by atoms with Crippen LogP contribution in [0.25, 0.3) is 0 Å². The molecule has 1 unspecified atom stereocenters. The molecular weight excluding hydrogens is 188 g/mol. The molecule has 1 saturated heterocycles. The van der Waals surface area contributed by atoms with Crippen LogP contribution in [-0.2, 0) is 4.79 Å². The van der Waals surface area contributed by atoms with Crippen molar-refractivity contribution in [3.05, 3.63) is 0 Å². The molecule has 1 rings (SSSR count). The normalized spacial score (nSPS) is 25.8. The summed E-state index contributed by atoms with van der Waals surface area (Å²) in [6, 6.07) is 0.330. The molecule has 0 radical (unpaired) electrons. The molecule has 4 heteroatoms. The van der Waals surface area contributed by atoms with E-state index in [1.807, 2.05) is 4.90 Å². The maximum atomic E-state index is 11.4. The molecule has 3 nitrogen and oxygen atoms in total. The molecule has 1 heterocycles. The standard InChI is InChI=1S/C9H17ClN2O/c1-8-3-4-11(2)5-6-12(8)9(13)7-10/h8H,3-7H2,1-2H3. The van der Waals surface area contributed by atoms with Crippen LogP contribution in [0.4, 0.5) is 0 Å². The molecule has 1 amide bonds. The Balaban J connectivity index is 2.56. The van der Waals surface area contributed by atoms with Gasteiger partial charge in [-0.25, -0.2) is 0 Å². The van der Waals surface area contributed by atoms with Crippen molar-refractivity contribution in [2.24, 2.45) is 0 Å². The number of alkyl halides is 1. The Labute approximate surface area is 84.6 Å².